The van der Waals surface area contributed by atoms with Crippen molar-refractivity contribution in [2.75, 3.05) is 5.32 Å². The summed E-state index contributed by atoms with van der Waals surface area (Å²) in [7, 11) is 0. The van der Waals surface area contributed by atoms with Gasteiger partial charge in [0.15, 0.2) is 0 Å². The number of halogens is 2. The summed E-state index contributed by atoms with van der Waals surface area (Å²) in [5.41, 5.74) is 2.12. The lowest BCUT2D eigenvalue weighted by Crippen LogP contribution is -2.12. The molecule has 0 saturated heterocycles. The SMILES string of the molecule is Cc1cc(Br)cc(C(=O)Nc2ccc(F)cc2)c1. The van der Waals surface area contributed by atoms with Crippen molar-refractivity contribution >= 4 is 27.5 Å². The molecule has 0 aliphatic rings. The van der Waals surface area contributed by atoms with Crippen molar-refractivity contribution < 1.29 is 9.18 Å². The van der Waals surface area contributed by atoms with Crippen molar-refractivity contribution in [2.24, 2.45) is 0 Å². The van der Waals surface area contributed by atoms with Gasteiger partial charge in [0.1, 0.15) is 5.82 Å². The number of rotatable bonds is 2. The normalized spacial score (nSPS) is 10.2. The zero-order valence-corrected chi connectivity index (χ0v) is 11.3. The number of carbonyl (C=O) groups excluding carboxylic acids is 1. The Balaban J connectivity index is 2.19. The average molecular weight is 308 g/mol. The summed E-state index contributed by atoms with van der Waals surface area (Å²) in [6, 6.07) is 11.1. The summed E-state index contributed by atoms with van der Waals surface area (Å²) in [4.78, 5) is 12.0. The van der Waals surface area contributed by atoms with Crippen molar-refractivity contribution in [3.8, 4) is 0 Å². The Morgan fingerprint density at radius 2 is 1.83 bits per heavy atom. The molecule has 1 N–H and O–H groups in total. The van der Waals surface area contributed by atoms with Crippen LogP contribution in [0.3, 0.4) is 0 Å². The van der Waals surface area contributed by atoms with E-state index < -0.39 is 0 Å². The fourth-order valence-corrected chi connectivity index (χ4v) is 2.21. The zero-order chi connectivity index (χ0) is 13.1. The highest BCUT2D eigenvalue weighted by molar-refractivity contribution is 9.10. The van der Waals surface area contributed by atoms with Crippen LogP contribution in [0.15, 0.2) is 46.9 Å². The molecule has 92 valence electrons. The highest BCUT2D eigenvalue weighted by Crippen LogP contribution is 2.17. The van der Waals surface area contributed by atoms with E-state index in [9.17, 15) is 9.18 Å². The van der Waals surface area contributed by atoms with Gasteiger partial charge in [-0.05, 0) is 55.0 Å². The van der Waals surface area contributed by atoms with E-state index in [1.54, 1.807) is 12.1 Å². The molecule has 0 aromatic heterocycles. The van der Waals surface area contributed by atoms with Gasteiger partial charge in [-0.3, -0.25) is 4.79 Å². The van der Waals surface area contributed by atoms with Gasteiger partial charge in [0, 0.05) is 15.7 Å². The van der Waals surface area contributed by atoms with Gasteiger partial charge in [-0.25, -0.2) is 4.39 Å². The van der Waals surface area contributed by atoms with E-state index in [2.05, 4.69) is 21.2 Å². The molecule has 0 atom stereocenters. The molecule has 1 amide bonds. The summed E-state index contributed by atoms with van der Waals surface area (Å²) in [6.07, 6.45) is 0. The number of hydrogen-bond donors (Lipinski definition) is 1. The molecular weight excluding hydrogens is 297 g/mol. The Hall–Kier alpha value is -1.68. The minimum Gasteiger partial charge on any atom is -0.322 e. The van der Waals surface area contributed by atoms with Gasteiger partial charge < -0.3 is 5.32 Å². The van der Waals surface area contributed by atoms with Crippen molar-refractivity contribution in [3.63, 3.8) is 0 Å². The molecule has 0 spiro atoms. The Morgan fingerprint density at radius 3 is 2.44 bits per heavy atom. The van der Waals surface area contributed by atoms with Crippen LogP contribution in [0, 0.1) is 12.7 Å². The molecule has 0 heterocycles. The first kappa shape index (κ1) is 12.8. The van der Waals surface area contributed by atoms with Gasteiger partial charge in [-0.1, -0.05) is 15.9 Å². The van der Waals surface area contributed by atoms with E-state index in [-0.39, 0.29) is 11.7 Å². The van der Waals surface area contributed by atoms with E-state index in [4.69, 9.17) is 0 Å². The molecule has 0 bridgehead atoms. The zero-order valence-electron chi connectivity index (χ0n) is 9.71. The molecule has 0 radical (unpaired) electrons. The first-order valence-corrected chi connectivity index (χ1v) is 6.18. The molecule has 2 aromatic rings. The van der Waals surface area contributed by atoms with Crippen molar-refractivity contribution in [1.82, 2.24) is 0 Å². The molecule has 0 saturated carbocycles. The number of hydrogen-bond acceptors (Lipinski definition) is 1. The first-order chi connectivity index (χ1) is 8.54. The van der Waals surface area contributed by atoms with Crippen LogP contribution >= 0.6 is 15.9 Å². The van der Waals surface area contributed by atoms with E-state index in [1.807, 2.05) is 13.0 Å². The Kier molecular flexibility index (Phi) is 3.77. The monoisotopic (exact) mass is 307 g/mol. The van der Waals surface area contributed by atoms with Gasteiger partial charge in [0.25, 0.3) is 5.91 Å². The van der Waals surface area contributed by atoms with Crippen molar-refractivity contribution in [1.29, 1.82) is 0 Å². The van der Waals surface area contributed by atoms with E-state index in [0.29, 0.717) is 11.3 Å². The van der Waals surface area contributed by atoms with Crippen LogP contribution in [0.4, 0.5) is 10.1 Å². The summed E-state index contributed by atoms with van der Waals surface area (Å²) in [6.45, 7) is 1.92. The second kappa shape index (κ2) is 5.31. The topological polar surface area (TPSA) is 29.1 Å². The van der Waals surface area contributed by atoms with Crippen LogP contribution in [-0.2, 0) is 0 Å². The maximum absolute atomic E-state index is 12.7. The summed E-state index contributed by atoms with van der Waals surface area (Å²) < 4.78 is 13.6. The Morgan fingerprint density at radius 1 is 1.17 bits per heavy atom. The molecule has 0 aliphatic carbocycles. The quantitative estimate of drug-likeness (QED) is 0.887. The first-order valence-electron chi connectivity index (χ1n) is 5.39. The minimum atomic E-state index is -0.328. The van der Waals surface area contributed by atoms with Crippen LogP contribution in [0.5, 0.6) is 0 Å². The lowest BCUT2D eigenvalue weighted by Gasteiger charge is -2.06. The van der Waals surface area contributed by atoms with Gasteiger partial charge in [-0.2, -0.15) is 0 Å². The number of benzene rings is 2. The molecule has 0 aliphatic heterocycles. The standard InChI is InChI=1S/C14H11BrFNO/c1-9-6-10(8-11(15)7-9)14(18)17-13-4-2-12(16)3-5-13/h2-8H,1H3,(H,17,18). The largest absolute Gasteiger partial charge is 0.322 e. The maximum Gasteiger partial charge on any atom is 0.255 e. The predicted octanol–water partition coefficient (Wildman–Crippen LogP) is 4.15. The van der Waals surface area contributed by atoms with Gasteiger partial charge in [-0.15, -0.1) is 0 Å². The number of anilines is 1. The van der Waals surface area contributed by atoms with Crippen LogP contribution in [0.2, 0.25) is 0 Å². The fourth-order valence-electron chi connectivity index (χ4n) is 1.60. The van der Waals surface area contributed by atoms with Crippen LogP contribution < -0.4 is 5.32 Å². The molecule has 2 rings (SSSR count). The molecular formula is C14H11BrFNO. The van der Waals surface area contributed by atoms with Crippen molar-refractivity contribution in [3.05, 3.63) is 63.9 Å². The number of nitrogens with one attached hydrogen (secondary N) is 1. The van der Waals surface area contributed by atoms with Gasteiger partial charge >= 0.3 is 0 Å². The molecule has 0 fully saturated rings. The second-order valence-corrected chi connectivity index (χ2v) is 4.89. The predicted molar refractivity (Wildman–Crippen MR) is 73.2 cm³/mol. The van der Waals surface area contributed by atoms with Gasteiger partial charge in [0.05, 0.1) is 0 Å². The maximum atomic E-state index is 12.7. The summed E-state index contributed by atoms with van der Waals surface area (Å²) in [5, 5.41) is 2.71. The summed E-state index contributed by atoms with van der Waals surface area (Å²) >= 11 is 3.35. The Labute approximate surface area is 113 Å². The van der Waals surface area contributed by atoms with E-state index in [0.717, 1.165) is 10.0 Å². The van der Waals surface area contributed by atoms with Crippen LogP contribution in [-0.4, -0.2) is 5.91 Å². The molecule has 4 heteroatoms. The second-order valence-electron chi connectivity index (χ2n) is 3.98. The minimum absolute atomic E-state index is 0.217. The number of aryl methyl sites for hydroxylation is 1. The molecule has 0 unspecified atom stereocenters. The average Bonchev–Trinajstić information content (AvgIpc) is 2.31. The molecule has 18 heavy (non-hydrogen) atoms. The third-order valence-electron chi connectivity index (χ3n) is 2.41. The highest BCUT2D eigenvalue weighted by atomic mass is 79.9. The van der Waals surface area contributed by atoms with Crippen LogP contribution in [0.1, 0.15) is 15.9 Å². The third-order valence-corrected chi connectivity index (χ3v) is 2.86. The molecule has 2 nitrogen and oxygen atoms in total. The number of carbonyl (C=O) groups is 1. The molecule has 2 aromatic carbocycles. The number of amides is 1. The highest BCUT2D eigenvalue weighted by Gasteiger charge is 2.07. The lowest BCUT2D eigenvalue weighted by molar-refractivity contribution is 0.102. The lowest BCUT2D eigenvalue weighted by atomic mass is 10.1. The fraction of sp³-hybridized carbons (Fsp3) is 0.0714. The van der Waals surface area contributed by atoms with E-state index in [1.165, 1.54) is 24.3 Å². The van der Waals surface area contributed by atoms with Crippen LogP contribution in [0.25, 0.3) is 0 Å². The van der Waals surface area contributed by atoms with Gasteiger partial charge in [0.2, 0.25) is 0 Å². The summed E-state index contributed by atoms with van der Waals surface area (Å²) in [5.74, 6) is -0.544. The third kappa shape index (κ3) is 3.17. The van der Waals surface area contributed by atoms with Crippen molar-refractivity contribution in [2.45, 2.75) is 6.92 Å². The smallest absolute Gasteiger partial charge is 0.255 e. The Bertz CT molecular complexity index is 561. The van der Waals surface area contributed by atoms with E-state index >= 15 is 0 Å².